The first kappa shape index (κ1) is 18.6. The summed E-state index contributed by atoms with van der Waals surface area (Å²) in [6.07, 6.45) is 1.98. The maximum absolute atomic E-state index is 12.7. The van der Waals surface area contributed by atoms with Gasteiger partial charge in [-0.3, -0.25) is 9.69 Å². The fourth-order valence-corrected chi connectivity index (χ4v) is 3.84. The van der Waals surface area contributed by atoms with Crippen LogP contribution in [0.25, 0.3) is 0 Å². The van der Waals surface area contributed by atoms with Crippen LogP contribution in [0.4, 0.5) is 5.69 Å². The second-order valence-corrected chi connectivity index (χ2v) is 7.06. The molecule has 0 spiro atoms. The number of rotatable bonds is 6. The average Bonchev–Trinajstić information content (AvgIpc) is 2.71. The number of amides is 1. The first-order valence-electron chi connectivity index (χ1n) is 9.44. The number of carbonyl (C=O) groups excluding carboxylic acids is 1. The van der Waals surface area contributed by atoms with E-state index < -0.39 is 5.54 Å². The van der Waals surface area contributed by atoms with Gasteiger partial charge in [-0.2, -0.15) is 0 Å². The van der Waals surface area contributed by atoms with E-state index in [0.717, 1.165) is 38.2 Å². The van der Waals surface area contributed by atoms with E-state index in [1.54, 1.807) is 0 Å². The van der Waals surface area contributed by atoms with E-state index in [9.17, 15) is 9.90 Å². The number of hydrogen-bond donors (Lipinski definition) is 1. The Morgan fingerprint density at radius 1 is 1.04 bits per heavy atom. The van der Waals surface area contributed by atoms with Gasteiger partial charge in [0.05, 0.1) is 12.1 Å². The molecule has 0 atom stereocenters. The summed E-state index contributed by atoms with van der Waals surface area (Å²) in [4.78, 5) is 17.0. The molecule has 0 radical (unpaired) electrons. The van der Waals surface area contributed by atoms with Crippen LogP contribution in [0.5, 0.6) is 0 Å². The minimum atomic E-state index is -0.512. The predicted octanol–water partition coefficient (Wildman–Crippen LogP) is 3.46. The van der Waals surface area contributed by atoms with E-state index >= 15 is 0 Å². The molecule has 2 aromatic carbocycles. The molecule has 3 rings (SSSR count). The van der Waals surface area contributed by atoms with Crippen molar-refractivity contribution in [3.05, 3.63) is 66.2 Å². The molecule has 1 saturated heterocycles. The smallest absolute Gasteiger partial charge is 0.227 e. The van der Waals surface area contributed by atoms with Crippen LogP contribution in [0.15, 0.2) is 60.7 Å². The number of aliphatic hydroxyl groups excluding tert-OH is 1. The third-order valence-corrected chi connectivity index (χ3v) is 5.37. The van der Waals surface area contributed by atoms with Crippen LogP contribution in [0.1, 0.15) is 31.7 Å². The molecule has 26 heavy (non-hydrogen) atoms. The monoisotopic (exact) mass is 352 g/mol. The molecule has 0 unspecified atom stereocenters. The predicted molar refractivity (Wildman–Crippen MR) is 105 cm³/mol. The second-order valence-electron chi connectivity index (χ2n) is 7.06. The standard InChI is InChI=1S/C22H28N2O2/c1-2-21(26)24(20-11-7-4-8-12-20)22(18-25)13-15-23(16-14-22)17-19-9-5-3-6-10-19/h3-12,25H,2,13-18H2,1H3. The van der Waals surface area contributed by atoms with Crippen LogP contribution in [0.2, 0.25) is 0 Å². The van der Waals surface area contributed by atoms with Gasteiger partial charge in [0, 0.05) is 31.7 Å². The molecule has 0 bridgehead atoms. The van der Waals surface area contributed by atoms with E-state index in [4.69, 9.17) is 0 Å². The van der Waals surface area contributed by atoms with Gasteiger partial charge in [0.2, 0.25) is 5.91 Å². The average molecular weight is 352 g/mol. The van der Waals surface area contributed by atoms with E-state index in [-0.39, 0.29) is 12.5 Å². The maximum atomic E-state index is 12.7. The van der Waals surface area contributed by atoms with Gasteiger partial charge in [-0.1, -0.05) is 55.5 Å². The van der Waals surface area contributed by atoms with Gasteiger partial charge in [0.1, 0.15) is 0 Å². The van der Waals surface area contributed by atoms with Gasteiger partial charge < -0.3 is 10.0 Å². The first-order chi connectivity index (χ1) is 12.7. The molecule has 0 aliphatic carbocycles. The molecular weight excluding hydrogens is 324 g/mol. The van der Waals surface area contributed by atoms with Crippen molar-refractivity contribution in [2.75, 3.05) is 24.6 Å². The lowest BCUT2D eigenvalue weighted by Gasteiger charge is -2.48. The number of anilines is 1. The van der Waals surface area contributed by atoms with E-state index in [1.165, 1.54) is 5.56 Å². The minimum absolute atomic E-state index is 0.00713. The van der Waals surface area contributed by atoms with Crippen LogP contribution in [-0.4, -0.2) is 41.1 Å². The van der Waals surface area contributed by atoms with Gasteiger partial charge in [0.25, 0.3) is 0 Å². The van der Waals surface area contributed by atoms with Crippen LogP contribution in [0, 0.1) is 0 Å². The third kappa shape index (κ3) is 3.97. The Kier molecular flexibility index (Phi) is 6.07. The molecule has 138 valence electrons. The molecule has 1 fully saturated rings. The molecule has 1 heterocycles. The Morgan fingerprint density at radius 3 is 2.15 bits per heavy atom. The lowest BCUT2D eigenvalue weighted by molar-refractivity contribution is -0.120. The zero-order valence-corrected chi connectivity index (χ0v) is 15.5. The largest absolute Gasteiger partial charge is 0.394 e. The highest BCUT2D eigenvalue weighted by Crippen LogP contribution is 2.34. The zero-order valence-electron chi connectivity index (χ0n) is 15.5. The molecule has 4 nitrogen and oxygen atoms in total. The van der Waals surface area contributed by atoms with Crippen molar-refractivity contribution in [3.8, 4) is 0 Å². The van der Waals surface area contributed by atoms with Gasteiger partial charge in [0.15, 0.2) is 0 Å². The first-order valence-corrected chi connectivity index (χ1v) is 9.44. The molecule has 1 N–H and O–H groups in total. The quantitative estimate of drug-likeness (QED) is 0.866. The van der Waals surface area contributed by atoms with Gasteiger partial charge in [-0.05, 0) is 30.5 Å². The summed E-state index contributed by atoms with van der Waals surface area (Å²) in [5.41, 5.74) is 1.67. The third-order valence-electron chi connectivity index (χ3n) is 5.37. The summed E-state index contributed by atoms with van der Waals surface area (Å²) in [6, 6.07) is 20.2. The van der Waals surface area contributed by atoms with Crippen molar-refractivity contribution in [2.45, 2.75) is 38.3 Å². The molecule has 1 aliphatic rings. The van der Waals surface area contributed by atoms with Gasteiger partial charge in [-0.15, -0.1) is 0 Å². The molecule has 1 amide bonds. The van der Waals surface area contributed by atoms with Crippen LogP contribution in [0.3, 0.4) is 0 Å². The van der Waals surface area contributed by atoms with Gasteiger partial charge >= 0.3 is 0 Å². The van der Waals surface area contributed by atoms with E-state index in [2.05, 4.69) is 29.2 Å². The number of piperidine rings is 1. The maximum Gasteiger partial charge on any atom is 0.227 e. The molecule has 2 aromatic rings. The number of para-hydroxylation sites is 1. The lowest BCUT2D eigenvalue weighted by atomic mass is 9.85. The lowest BCUT2D eigenvalue weighted by Crippen LogP contribution is -2.59. The van der Waals surface area contributed by atoms with Crippen LogP contribution >= 0.6 is 0 Å². The zero-order chi connectivity index (χ0) is 18.4. The molecular formula is C22H28N2O2. The highest BCUT2D eigenvalue weighted by Gasteiger charge is 2.42. The number of likely N-dealkylation sites (tertiary alicyclic amines) is 1. The summed E-state index contributed by atoms with van der Waals surface area (Å²) in [5.74, 6) is 0.0711. The van der Waals surface area contributed by atoms with Crippen molar-refractivity contribution in [2.24, 2.45) is 0 Å². The van der Waals surface area contributed by atoms with Crippen molar-refractivity contribution in [1.82, 2.24) is 4.90 Å². The van der Waals surface area contributed by atoms with Crippen molar-refractivity contribution in [3.63, 3.8) is 0 Å². The normalized spacial score (nSPS) is 17.0. The Hall–Kier alpha value is -2.17. The molecule has 0 saturated carbocycles. The van der Waals surface area contributed by atoms with Crippen LogP contribution < -0.4 is 4.90 Å². The number of nitrogens with zero attached hydrogens (tertiary/aromatic N) is 2. The second kappa shape index (κ2) is 8.47. The topological polar surface area (TPSA) is 43.8 Å². The molecule has 4 heteroatoms. The van der Waals surface area contributed by atoms with Crippen molar-refractivity contribution < 1.29 is 9.90 Å². The summed E-state index contributed by atoms with van der Waals surface area (Å²) < 4.78 is 0. The summed E-state index contributed by atoms with van der Waals surface area (Å²) in [7, 11) is 0. The summed E-state index contributed by atoms with van der Waals surface area (Å²) in [6.45, 7) is 4.53. The highest BCUT2D eigenvalue weighted by molar-refractivity contribution is 5.94. The Labute approximate surface area is 156 Å². The van der Waals surface area contributed by atoms with Gasteiger partial charge in [-0.25, -0.2) is 0 Å². The molecule has 1 aliphatic heterocycles. The van der Waals surface area contributed by atoms with Crippen molar-refractivity contribution >= 4 is 11.6 Å². The van der Waals surface area contributed by atoms with E-state index in [1.807, 2.05) is 48.2 Å². The summed E-state index contributed by atoms with van der Waals surface area (Å²) in [5, 5.41) is 10.3. The summed E-state index contributed by atoms with van der Waals surface area (Å²) >= 11 is 0. The minimum Gasteiger partial charge on any atom is -0.394 e. The Balaban J connectivity index is 1.77. The number of carbonyl (C=O) groups is 1. The van der Waals surface area contributed by atoms with Crippen LogP contribution in [-0.2, 0) is 11.3 Å². The van der Waals surface area contributed by atoms with Crippen molar-refractivity contribution in [1.29, 1.82) is 0 Å². The highest BCUT2D eigenvalue weighted by atomic mass is 16.3. The fourth-order valence-electron chi connectivity index (χ4n) is 3.84. The molecule has 0 aromatic heterocycles. The number of benzene rings is 2. The Bertz CT molecular complexity index is 695. The van der Waals surface area contributed by atoms with E-state index in [0.29, 0.717) is 6.42 Å². The fraction of sp³-hybridized carbons (Fsp3) is 0.409. The number of hydrogen-bond acceptors (Lipinski definition) is 3. The number of aliphatic hydroxyl groups is 1. The SMILES string of the molecule is CCC(=O)N(c1ccccc1)C1(CO)CCN(Cc2ccccc2)CC1. The Morgan fingerprint density at radius 2 is 1.62 bits per heavy atom.